The van der Waals surface area contributed by atoms with E-state index in [2.05, 4.69) is 15.7 Å². The Morgan fingerprint density at radius 1 is 1.29 bits per heavy atom. The molecule has 9 nitrogen and oxygen atoms in total. The molecule has 2 aromatic heterocycles. The third kappa shape index (κ3) is 4.28. The summed E-state index contributed by atoms with van der Waals surface area (Å²) >= 11 is 0. The molecule has 0 atom stereocenters. The Morgan fingerprint density at radius 3 is 2.64 bits per heavy atom. The van der Waals surface area contributed by atoms with Gasteiger partial charge in [-0.25, -0.2) is 4.79 Å². The van der Waals surface area contributed by atoms with Crippen molar-refractivity contribution in [3.63, 3.8) is 0 Å². The van der Waals surface area contributed by atoms with E-state index < -0.39 is 5.60 Å². The Kier molecular flexibility index (Phi) is 4.76. The molecule has 152 valence electrons. The molecule has 2 aromatic rings. The van der Waals surface area contributed by atoms with Crippen molar-refractivity contribution in [3.05, 3.63) is 18.0 Å². The Balaban J connectivity index is 1.33. The molecule has 28 heavy (non-hydrogen) atoms. The van der Waals surface area contributed by atoms with E-state index in [0.29, 0.717) is 18.4 Å². The molecule has 0 aromatic carbocycles. The van der Waals surface area contributed by atoms with E-state index >= 15 is 0 Å². The average Bonchev–Trinajstić information content (AvgIpc) is 3.20. The number of hydrogen-bond donors (Lipinski definition) is 2. The Hall–Kier alpha value is -2.58. The predicted octanol–water partition coefficient (Wildman–Crippen LogP) is 3.11. The van der Waals surface area contributed by atoms with Gasteiger partial charge in [0.1, 0.15) is 17.1 Å². The number of nitrogens with one attached hydrogen (secondary N) is 2. The second-order valence-corrected chi connectivity index (χ2v) is 8.87. The fourth-order valence-corrected chi connectivity index (χ4v) is 3.43. The van der Waals surface area contributed by atoms with Gasteiger partial charge in [0.15, 0.2) is 5.82 Å². The topological polar surface area (TPSA) is 98.9 Å². The summed E-state index contributed by atoms with van der Waals surface area (Å²) in [5.74, 6) is 2.68. The first-order valence-electron chi connectivity index (χ1n) is 9.97. The lowest BCUT2D eigenvalue weighted by Crippen LogP contribution is -2.40. The fraction of sp³-hybridized carbons (Fsp3) is 0.684. The van der Waals surface area contributed by atoms with Crippen LogP contribution in [0.1, 0.15) is 64.1 Å². The second kappa shape index (κ2) is 7.10. The molecule has 4 rings (SSSR count). The average molecular weight is 387 g/mol. The van der Waals surface area contributed by atoms with E-state index in [1.165, 1.54) is 12.8 Å². The van der Waals surface area contributed by atoms with Crippen molar-refractivity contribution >= 4 is 17.7 Å². The van der Waals surface area contributed by atoms with Gasteiger partial charge in [0.2, 0.25) is 0 Å². The first-order valence-corrected chi connectivity index (χ1v) is 9.97. The molecule has 2 fully saturated rings. The maximum absolute atomic E-state index is 11.8. The van der Waals surface area contributed by atoms with E-state index in [1.54, 1.807) is 10.9 Å². The highest BCUT2D eigenvalue weighted by Gasteiger charge is 2.36. The van der Waals surface area contributed by atoms with E-state index in [-0.39, 0.29) is 12.1 Å². The van der Waals surface area contributed by atoms with Crippen LogP contribution in [0.3, 0.4) is 0 Å². The molecule has 2 heterocycles. The minimum atomic E-state index is -0.471. The van der Waals surface area contributed by atoms with Crippen LogP contribution in [-0.4, -0.2) is 43.0 Å². The summed E-state index contributed by atoms with van der Waals surface area (Å²) in [6, 6.07) is 2.21. The number of hydrogen-bond acceptors (Lipinski definition) is 6. The molecule has 1 amide bonds. The minimum absolute atomic E-state index is 0.282. The van der Waals surface area contributed by atoms with Crippen LogP contribution in [0.25, 0.3) is 0 Å². The summed E-state index contributed by atoms with van der Waals surface area (Å²) in [7, 11) is 1.90. The number of rotatable bonds is 6. The first kappa shape index (κ1) is 18.8. The summed E-state index contributed by atoms with van der Waals surface area (Å²) in [6.07, 6.45) is 5.67. The zero-order valence-electron chi connectivity index (χ0n) is 17.0. The fourth-order valence-electron chi connectivity index (χ4n) is 3.43. The molecule has 0 saturated heterocycles. The zero-order chi connectivity index (χ0) is 19.9. The summed E-state index contributed by atoms with van der Waals surface area (Å²) in [5, 5.41) is 19.9. The maximum Gasteiger partial charge on any atom is 0.407 e. The third-order valence-corrected chi connectivity index (χ3v) is 5.16. The predicted molar refractivity (Wildman–Crippen MR) is 104 cm³/mol. The molecular formula is C19H29N7O2. The Labute approximate surface area is 164 Å². The molecule has 0 bridgehead atoms. The molecule has 2 N–H and O–H groups in total. The molecule has 2 aliphatic carbocycles. The molecule has 0 aliphatic heterocycles. The molecule has 0 radical (unpaired) electrons. The highest BCUT2D eigenvalue weighted by Crippen LogP contribution is 2.44. The number of anilines is 2. The molecule has 0 unspecified atom stereocenters. The van der Waals surface area contributed by atoms with Gasteiger partial charge in [-0.2, -0.15) is 15.0 Å². The van der Waals surface area contributed by atoms with Crippen molar-refractivity contribution < 1.29 is 9.53 Å². The van der Waals surface area contributed by atoms with Crippen molar-refractivity contribution in [1.82, 2.24) is 30.1 Å². The first-order chi connectivity index (χ1) is 13.3. The Morgan fingerprint density at radius 2 is 2.04 bits per heavy atom. The van der Waals surface area contributed by atoms with Crippen LogP contribution in [0.4, 0.5) is 16.4 Å². The third-order valence-electron chi connectivity index (χ3n) is 5.16. The highest BCUT2D eigenvalue weighted by molar-refractivity contribution is 5.67. The SMILES string of the molecule is Cn1nccc1Nc1nn(C2CC(CNC(=O)OC(C)(C)C)C2)nc1C1CC1. The van der Waals surface area contributed by atoms with Crippen molar-refractivity contribution in [2.45, 2.75) is 64.0 Å². The normalized spacial score (nSPS) is 21.9. The van der Waals surface area contributed by atoms with Gasteiger partial charge < -0.3 is 15.4 Å². The van der Waals surface area contributed by atoms with Crippen molar-refractivity contribution in [2.75, 3.05) is 11.9 Å². The minimum Gasteiger partial charge on any atom is -0.444 e. The van der Waals surface area contributed by atoms with E-state index in [0.717, 1.165) is 30.2 Å². The molecular weight excluding hydrogens is 358 g/mol. The van der Waals surface area contributed by atoms with E-state index in [9.17, 15) is 4.79 Å². The molecule has 9 heteroatoms. The monoisotopic (exact) mass is 387 g/mol. The number of amides is 1. The molecule has 0 spiro atoms. The van der Waals surface area contributed by atoms with Crippen molar-refractivity contribution in [1.29, 1.82) is 0 Å². The number of carbonyl (C=O) groups excluding carboxylic acids is 1. The van der Waals surface area contributed by atoms with Gasteiger partial charge in [0.25, 0.3) is 0 Å². The van der Waals surface area contributed by atoms with Crippen molar-refractivity contribution in [3.8, 4) is 0 Å². The van der Waals surface area contributed by atoms with Crippen LogP contribution in [0.2, 0.25) is 0 Å². The van der Waals surface area contributed by atoms with Gasteiger partial charge in [-0.3, -0.25) is 4.68 Å². The summed E-state index contributed by atoms with van der Waals surface area (Å²) in [6.45, 7) is 6.22. The lowest BCUT2D eigenvalue weighted by molar-refractivity contribution is 0.0495. The largest absolute Gasteiger partial charge is 0.444 e. The summed E-state index contributed by atoms with van der Waals surface area (Å²) in [4.78, 5) is 13.6. The highest BCUT2D eigenvalue weighted by atomic mass is 16.6. The molecule has 2 saturated carbocycles. The van der Waals surface area contributed by atoms with Gasteiger partial charge in [0.05, 0.1) is 12.2 Å². The number of nitrogens with zero attached hydrogens (tertiary/aromatic N) is 5. The zero-order valence-corrected chi connectivity index (χ0v) is 17.0. The van der Waals surface area contributed by atoms with Gasteiger partial charge in [-0.05, 0) is 52.4 Å². The van der Waals surface area contributed by atoms with Crippen LogP contribution >= 0.6 is 0 Å². The maximum atomic E-state index is 11.8. The second-order valence-electron chi connectivity index (χ2n) is 8.87. The number of carbonyl (C=O) groups is 1. The van der Waals surface area contributed by atoms with Crippen LogP contribution in [0.15, 0.2) is 12.3 Å². The van der Waals surface area contributed by atoms with Crippen molar-refractivity contribution in [2.24, 2.45) is 13.0 Å². The number of alkyl carbamates (subject to hydrolysis) is 1. The van der Waals surface area contributed by atoms with Gasteiger partial charge in [0, 0.05) is 25.6 Å². The number of aryl methyl sites for hydroxylation is 1. The lowest BCUT2D eigenvalue weighted by atomic mass is 9.80. The summed E-state index contributed by atoms with van der Waals surface area (Å²) in [5.41, 5.74) is 0.582. The van der Waals surface area contributed by atoms with Gasteiger partial charge >= 0.3 is 6.09 Å². The number of ether oxygens (including phenoxy) is 1. The molecule has 2 aliphatic rings. The summed E-state index contributed by atoms with van der Waals surface area (Å²) < 4.78 is 7.07. The van der Waals surface area contributed by atoms with E-state index in [4.69, 9.17) is 14.9 Å². The van der Waals surface area contributed by atoms with Gasteiger partial charge in [-0.15, -0.1) is 5.10 Å². The quantitative estimate of drug-likeness (QED) is 0.790. The smallest absolute Gasteiger partial charge is 0.407 e. The van der Waals surface area contributed by atoms with Crippen LogP contribution in [0, 0.1) is 5.92 Å². The van der Waals surface area contributed by atoms with Gasteiger partial charge in [-0.1, -0.05) is 0 Å². The van der Waals surface area contributed by atoms with Crippen LogP contribution in [-0.2, 0) is 11.8 Å². The van der Waals surface area contributed by atoms with E-state index in [1.807, 2.05) is 38.7 Å². The standard InChI is InChI=1S/C19H29N7O2/c1-19(2,3)28-18(27)20-11-12-9-14(10-12)26-23-16(13-5-6-13)17(24-26)22-15-7-8-21-25(15)4/h7-8,12-14H,5-6,9-11H2,1-4H3,(H,20,27)(H,22,24). The Bertz CT molecular complexity index is 841. The lowest BCUT2D eigenvalue weighted by Gasteiger charge is -2.34. The van der Waals surface area contributed by atoms with Crippen LogP contribution < -0.4 is 10.6 Å². The van der Waals surface area contributed by atoms with Crippen LogP contribution in [0.5, 0.6) is 0 Å². The number of aromatic nitrogens is 5.